The Morgan fingerprint density at radius 1 is 1.07 bits per heavy atom. The van der Waals surface area contributed by atoms with Gasteiger partial charge >= 0.3 is 6.18 Å². The van der Waals surface area contributed by atoms with Crippen LogP contribution in [0, 0.1) is 13.8 Å². The normalized spacial score (nSPS) is 14.7. The molecule has 0 aromatic carbocycles. The summed E-state index contributed by atoms with van der Waals surface area (Å²) in [6.45, 7) is 5.89. The summed E-state index contributed by atoms with van der Waals surface area (Å²) >= 11 is 0.239. The lowest BCUT2D eigenvalue weighted by molar-refractivity contribution is -0.138. The van der Waals surface area contributed by atoms with Gasteiger partial charge in [-0.15, -0.1) is 10.2 Å². The van der Waals surface area contributed by atoms with Crippen LogP contribution >= 0.6 is 11.3 Å². The summed E-state index contributed by atoms with van der Waals surface area (Å²) in [5.74, 6) is -0.149. The Morgan fingerprint density at radius 3 is 2.27 bits per heavy atom. The lowest BCUT2D eigenvalue weighted by Crippen LogP contribution is -2.49. The molecular formula is C17H20F3N7O2S. The lowest BCUT2D eigenvalue weighted by atomic mass is 10.2. The highest BCUT2D eigenvalue weighted by atomic mass is 32.1. The highest BCUT2D eigenvalue weighted by Gasteiger charge is 2.35. The molecule has 3 rings (SSSR count). The van der Waals surface area contributed by atoms with E-state index in [-0.39, 0.29) is 35.2 Å². The van der Waals surface area contributed by atoms with E-state index in [0.29, 0.717) is 32.1 Å². The number of nitrogens with zero attached hydrogens (tertiary/aromatic N) is 6. The van der Waals surface area contributed by atoms with Crippen molar-refractivity contribution in [2.45, 2.75) is 32.9 Å². The van der Waals surface area contributed by atoms with Gasteiger partial charge in [0, 0.05) is 50.4 Å². The number of piperazine rings is 1. The number of rotatable bonds is 5. The van der Waals surface area contributed by atoms with Crippen LogP contribution in [0.4, 0.5) is 24.3 Å². The van der Waals surface area contributed by atoms with Crippen LogP contribution in [0.5, 0.6) is 0 Å². The maximum absolute atomic E-state index is 12.5. The van der Waals surface area contributed by atoms with E-state index in [1.807, 2.05) is 24.8 Å². The third-order valence-corrected chi connectivity index (χ3v) is 5.25. The minimum atomic E-state index is -4.61. The molecule has 1 aliphatic rings. The first-order valence-electron chi connectivity index (χ1n) is 9.17. The zero-order valence-corrected chi connectivity index (χ0v) is 17.2. The summed E-state index contributed by atoms with van der Waals surface area (Å²) in [5.41, 5.74) is 1.75. The Bertz CT molecular complexity index is 906. The molecule has 162 valence electrons. The van der Waals surface area contributed by atoms with Crippen LogP contribution in [-0.4, -0.2) is 63.1 Å². The molecule has 2 aromatic rings. The molecule has 9 nitrogen and oxygen atoms in total. The SMILES string of the molecule is Cc1cc(C)nc(N2CCN(C(=O)CCC(=O)Nc3nnc(C(F)(F)F)s3)CC2)n1. The van der Waals surface area contributed by atoms with Gasteiger partial charge in [0.15, 0.2) is 0 Å². The second kappa shape index (κ2) is 8.90. The summed E-state index contributed by atoms with van der Waals surface area (Å²) in [5, 5.41) is 7.14. The van der Waals surface area contributed by atoms with Gasteiger partial charge in [-0.05, 0) is 19.9 Å². The zero-order chi connectivity index (χ0) is 21.9. The predicted octanol–water partition coefficient (Wildman–Crippen LogP) is 2.03. The van der Waals surface area contributed by atoms with Crippen LogP contribution in [0.25, 0.3) is 0 Å². The van der Waals surface area contributed by atoms with E-state index in [1.165, 1.54) is 0 Å². The van der Waals surface area contributed by atoms with E-state index in [2.05, 4.69) is 25.5 Å². The number of aryl methyl sites for hydroxylation is 2. The number of hydrogen-bond acceptors (Lipinski definition) is 8. The van der Waals surface area contributed by atoms with Gasteiger partial charge in [0.1, 0.15) is 0 Å². The molecule has 1 N–H and O–H groups in total. The van der Waals surface area contributed by atoms with Gasteiger partial charge in [-0.2, -0.15) is 13.2 Å². The highest BCUT2D eigenvalue weighted by molar-refractivity contribution is 7.15. The van der Waals surface area contributed by atoms with Crippen molar-refractivity contribution in [3.63, 3.8) is 0 Å². The number of amides is 2. The van der Waals surface area contributed by atoms with E-state index < -0.39 is 17.1 Å². The Kier molecular flexibility index (Phi) is 6.48. The second-order valence-electron chi connectivity index (χ2n) is 6.78. The molecule has 2 aromatic heterocycles. The average molecular weight is 443 g/mol. The van der Waals surface area contributed by atoms with Crippen LogP contribution in [-0.2, 0) is 15.8 Å². The van der Waals surface area contributed by atoms with Crippen molar-refractivity contribution in [2.24, 2.45) is 0 Å². The number of halogens is 3. The molecule has 0 spiro atoms. The van der Waals surface area contributed by atoms with Crippen LogP contribution < -0.4 is 10.2 Å². The van der Waals surface area contributed by atoms with E-state index in [1.54, 1.807) is 4.90 Å². The molecule has 0 radical (unpaired) electrons. The number of anilines is 2. The molecule has 0 saturated carbocycles. The average Bonchev–Trinajstić information content (AvgIpc) is 3.14. The Hall–Kier alpha value is -2.83. The van der Waals surface area contributed by atoms with Crippen molar-refractivity contribution in [1.29, 1.82) is 0 Å². The van der Waals surface area contributed by atoms with Crippen molar-refractivity contribution in [3.8, 4) is 0 Å². The van der Waals surface area contributed by atoms with Gasteiger partial charge in [-0.3, -0.25) is 9.59 Å². The summed E-state index contributed by atoms with van der Waals surface area (Å²) in [4.78, 5) is 36.8. The number of carbonyl (C=O) groups excluding carboxylic acids is 2. The molecule has 0 unspecified atom stereocenters. The molecule has 1 fully saturated rings. The minimum Gasteiger partial charge on any atom is -0.339 e. The lowest BCUT2D eigenvalue weighted by Gasteiger charge is -2.35. The number of hydrogen-bond donors (Lipinski definition) is 1. The third kappa shape index (κ3) is 5.62. The van der Waals surface area contributed by atoms with E-state index >= 15 is 0 Å². The van der Waals surface area contributed by atoms with Crippen LogP contribution in [0.3, 0.4) is 0 Å². The molecule has 1 saturated heterocycles. The molecule has 2 amide bonds. The van der Waals surface area contributed by atoms with Gasteiger partial charge in [-0.1, -0.05) is 11.3 Å². The van der Waals surface area contributed by atoms with Gasteiger partial charge in [0.25, 0.3) is 0 Å². The predicted molar refractivity (Wildman–Crippen MR) is 103 cm³/mol. The Balaban J connectivity index is 1.44. The van der Waals surface area contributed by atoms with Crippen molar-refractivity contribution in [2.75, 3.05) is 36.4 Å². The first kappa shape index (κ1) is 21.9. The van der Waals surface area contributed by atoms with E-state index in [0.717, 1.165) is 11.4 Å². The molecule has 30 heavy (non-hydrogen) atoms. The molecule has 3 heterocycles. The fraction of sp³-hybridized carbons (Fsp3) is 0.529. The molecule has 0 bridgehead atoms. The number of nitrogens with one attached hydrogen (secondary N) is 1. The third-order valence-electron chi connectivity index (χ3n) is 4.37. The second-order valence-corrected chi connectivity index (χ2v) is 7.75. The van der Waals surface area contributed by atoms with E-state index in [9.17, 15) is 22.8 Å². The Labute approximate surface area is 174 Å². The van der Waals surface area contributed by atoms with Crippen molar-refractivity contribution in [1.82, 2.24) is 25.1 Å². The quantitative estimate of drug-likeness (QED) is 0.754. The smallest absolute Gasteiger partial charge is 0.339 e. The van der Waals surface area contributed by atoms with Gasteiger partial charge < -0.3 is 15.1 Å². The van der Waals surface area contributed by atoms with Gasteiger partial charge in [0.05, 0.1) is 0 Å². The van der Waals surface area contributed by atoms with Crippen molar-refractivity contribution >= 4 is 34.2 Å². The van der Waals surface area contributed by atoms with Crippen molar-refractivity contribution in [3.05, 3.63) is 22.5 Å². The van der Waals surface area contributed by atoms with E-state index in [4.69, 9.17) is 0 Å². The zero-order valence-electron chi connectivity index (χ0n) is 16.4. The maximum atomic E-state index is 12.5. The molecule has 13 heteroatoms. The van der Waals surface area contributed by atoms with Gasteiger partial charge in [0.2, 0.25) is 27.9 Å². The molecule has 1 aliphatic heterocycles. The topological polar surface area (TPSA) is 104 Å². The first-order chi connectivity index (χ1) is 14.1. The first-order valence-corrected chi connectivity index (χ1v) is 9.99. The van der Waals surface area contributed by atoms with Crippen LogP contribution in [0.15, 0.2) is 6.07 Å². The summed E-state index contributed by atoms with van der Waals surface area (Å²) in [6.07, 6.45) is -4.81. The standard InChI is InChI=1S/C17H20F3N7O2S/c1-10-9-11(2)22-15(21-10)27-7-5-26(6-8-27)13(29)4-3-12(28)23-16-25-24-14(30-16)17(18,19)20/h9H,3-8H2,1-2H3,(H,23,25,28). The molecular weight excluding hydrogens is 423 g/mol. The minimum absolute atomic E-state index is 0.0448. The number of carbonyl (C=O) groups is 2. The van der Waals surface area contributed by atoms with Gasteiger partial charge in [-0.25, -0.2) is 9.97 Å². The summed E-state index contributed by atoms with van der Waals surface area (Å²) < 4.78 is 37.5. The largest absolute Gasteiger partial charge is 0.445 e. The van der Waals surface area contributed by atoms with Crippen molar-refractivity contribution < 1.29 is 22.8 Å². The Morgan fingerprint density at radius 2 is 1.70 bits per heavy atom. The van der Waals surface area contributed by atoms with Crippen LogP contribution in [0.2, 0.25) is 0 Å². The molecule has 0 atom stereocenters. The monoisotopic (exact) mass is 443 g/mol. The van der Waals surface area contributed by atoms with Crippen LogP contribution in [0.1, 0.15) is 29.2 Å². The fourth-order valence-corrected chi connectivity index (χ4v) is 3.58. The fourth-order valence-electron chi connectivity index (χ4n) is 2.95. The summed E-state index contributed by atoms with van der Waals surface area (Å²) in [7, 11) is 0. The summed E-state index contributed by atoms with van der Waals surface area (Å²) in [6, 6.07) is 1.89. The highest BCUT2D eigenvalue weighted by Crippen LogP contribution is 2.33. The number of aromatic nitrogens is 4. The number of alkyl halides is 3. The maximum Gasteiger partial charge on any atom is 0.445 e. The molecule has 0 aliphatic carbocycles.